The molecule has 0 amide bonds. The van der Waals surface area contributed by atoms with Crippen molar-refractivity contribution in [1.29, 1.82) is 0 Å². The zero-order chi connectivity index (χ0) is 13.7. The van der Waals surface area contributed by atoms with Gasteiger partial charge in [0.15, 0.2) is 0 Å². The van der Waals surface area contributed by atoms with E-state index in [1.165, 1.54) is 0 Å². The van der Waals surface area contributed by atoms with Gasteiger partial charge in [-0.3, -0.25) is 0 Å². The first-order chi connectivity index (χ1) is 9.13. The first-order valence-electron chi connectivity index (χ1n) is 6.98. The minimum atomic E-state index is -0.0488. The molecule has 0 atom stereocenters. The molecular weight excluding hydrogens is 240 g/mol. The summed E-state index contributed by atoms with van der Waals surface area (Å²) in [6.07, 6.45) is 2.89. The Bertz CT molecular complexity index is 374. The molecule has 1 aliphatic carbocycles. The van der Waals surface area contributed by atoms with Crippen LogP contribution in [0.2, 0.25) is 0 Å². The summed E-state index contributed by atoms with van der Waals surface area (Å²) in [6, 6.07) is 7.50. The van der Waals surface area contributed by atoms with Gasteiger partial charge in [0.1, 0.15) is 5.75 Å². The molecule has 19 heavy (non-hydrogen) atoms. The molecule has 4 heteroatoms. The minimum absolute atomic E-state index is 0.0488. The number of anilines is 1. The largest absolute Gasteiger partial charge is 0.494 e. The van der Waals surface area contributed by atoms with E-state index < -0.39 is 0 Å². The molecule has 0 heterocycles. The molecule has 2 rings (SSSR count). The number of hydrogen-bond acceptors (Lipinski definition) is 4. The van der Waals surface area contributed by atoms with Crippen molar-refractivity contribution in [2.24, 2.45) is 5.92 Å². The summed E-state index contributed by atoms with van der Waals surface area (Å²) < 4.78 is 5.65. The van der Waals surface area contributed by atoms with Gasteiger partial charge in [0.25, 0.3) is 0 Å². The highest BCUT2D eigenvalue weighted by molar-refractivity contribution is 5.41. The van der Waals surface area contributed by atoms with Gasteiger partial charge in [-0.05, 0) is 56.5 Å². The molecule has 1 saturated carbocycles. The van der Waals surface area contributed by atoms with Crippen molar-refractivity contribution >= 4 is 5.69 Å². The molecule has 4 nitrogen and oxygen atoms in total. The van der Waals surface area contributed by atoms with Gasteiger partial charge in [0.2, 0.25) is 0 Å². The Morgan fingerprint density at radius 1 is 1.32 bits per heavy atom. The summed E-state index contributed by atoms with van der Waals surface area (Å²) in [4.78, 5) is 2.32. The first kappa shape index (κ1) is 14.2. The number of benzene rings is 1. The second-order valence-electron chi connectivity index (χ2n) is 5.52. The van der Waals surface area contributed by atoms with Crippen LogP contribution in [0.15, 0.2) is 24.3 Å². The fourth-order valence-corrected chi connectivity index (χ4v) is 2.47. The van der Waals surface area contributed by atoms with Crippen molar-refractivity contribution < 1.29 is 9.84 Å². The summed E-state index contributed by atoms with van der Waals surface area (Å²) in [7, 11) is 2.13. The third-order valence-electron chi connectivity index (χ3n) is 3.61. The fraction of sp³-hybridized carbons (Fsp3) is 0.600. The Balaban J connectivity index is 1.55. The molecule has 0 aromatic heterocycles. The van der Waals surface area contributed by atoms with Crippen molar-refractivity contribution in [1.82, 2.24) is 4.90 Å². The third kappa shape index (κ3) is 4.73. The zero-order valence-corrected chi connectivity index (χ0v) is 11.6. The molecule has 106 valence electrons. The molecule has 1 fully saturated rings. The maximum atomic E-state index is 9.24. The molecular formula is C15H24N2O2. The predicted molar refractivity (Wildman–Crippen MR) is 77.2 cm³/mol. The Morgan fingerprint density at radius 2 is 2.00 bits per heavy atom. The van der Waals surface area contributed by atoms with Crippen molar-refractivity contribution in [3.8, 4) is 5.75 Å². The first-order valence-corrected chi connectivity index (χ1v) is 6.98. The van der Waals surface area contributed by atoms with Crippen LogP contribution in [-0.2, 0) is 0 Å². The van der Waals surface area contributed by atoms with Gasteiger partial charge in [-0.1, -0.05) is 0 Å². The monoisotopic (exact) mass is 264 g/mol. The van der Waals surface area contributed by atoms with E-state index in [1.54, 1.807) is 0 Å². The molecule has 1 aliphatic rings. The van der Waals surface area contributed by atoms with Gasteiger partial charge in [-0.25, -0.2) is 0 Å². The van der Waals surface area contributed by atoms with Gasteiger partial charge in [0.05, 0.1) is 12.7 Å². The van der Waals surface area contributed by atoms with Crippen LogP contribution in [0.25, 0.3) is 0 Å². The second kappa shape index (κ2) is 6.78. The lowest BCUT2D eigenvalue weighted by atomic mass is 9.82. The minimum Gasteiger partial charge on any atom is -0.494 e. The Hall–Kier alpha value is -1.26. The van der Waals surface area contributed by atoms with Crippen LogP contribution >= 0.6 is 0 Å². The van der Waals surface area contributed by atoms with E-state index in [1.807, 2.05) is 24.3 Å². The van der Waals surface area contributed by atoms with E-state index >= 15 is 0 Å². The summed E-state index contributed by atoms with van der Waals surface area (Å²) in [5.41, 5.74) is 6.38. The van der Waals surface area contributed by atoms with Crippen molar-refractivity contribution in [2.45, 2.75) is 25.4 Å². The molecule has 0 saturated heterocycles. The average molecular weight is 264 g/mol. The topological polar surface area (TPSA) is 58.7 Å². The molecule has 0 radical (unpaired) electrons. The highest BCUT2D eigenvalue weighted by atomic mass is 16.5. The lowest BCUT2D eigenvalue weighted by molar-refractivity contribution is 0.0278. The summed E-state index contributed by atoms with van der Waals surface area (Å²) in [5.74, 6) is 1.55. The van der Waals surface area contributed by atoms with E-state index in [-0.39, 0.29) is 6.10 Å². The summed E-state index contributed by atoms with van der Waals surface area (Å²) >= 11 is 0. The average Bonchev–Trinajstić information content (AvgIpc) is 2.35. The fourth-order valence-electron chi connectivity index (χ4n) is 2.47. The zero-order valence-electron chi connectivity index (χ0n) is 11.6. The third-order valence-corrected chi connectivity index (χ3v) is 3.61. The number of aliphatic hydroxyl groups excluding tert-OH is 1. The maximum absolute atomic E-state index is 9.24. The quantitative estimate of drug-likeness (QED) is 0.582. The van der Waals surface area contributed by atoms with Gasteiger partial charge < -0.3 is 20.5 Å². The lowest BCUT2D eigenvalue weighted by Gasteiger charge is -2.34. The molecule has 0 bridgehead atoms. The number of nitrogens with two attached hydrogens (primary N) is 1. The van der Waals surface area contributed by atoms with Crippen LogP contribution in [0, 0.1) is 5.92 Å². The van der Waals surface area contributed by atoms with Gasteiger partial charge in [-0.2, -0.15) is 0 Å². The van der Waals surface area contributed by atoms with Gasteiger partial charge in [-0.15, -0.1) is 0 Å². The van der Waals surface area contributed by atoms with Crippen LogP contribution in [0.4, 0.5) is 5.69 Å². The SMILES string of the molecule is CN(CCCOc1ccc(N)cc1)CC1CC(O)C1. The molecule has 0 unspecified atom stereocenters. The summed E-state index contributed by atoms with van der Waals surface area (Å²) in [6.45, 7) is 2.84. The number of rotatable bonds is 7. The van der Waals surface area contributed by atoms with E-state index in [2.05, 4.69) is 11.9 Å². The molecule has 0 spiro atoms. The van der Waals surface area contributed by atoms with Crippen LogP contribution in [0.5, 0.6) is 5.75 Å². The normalized spacial score (nSPS) is 22.3. The number of nitrogen functional groups attached to an aromatic ring is 1. The van der Waals surface area contributed by atoms with E-state index in [4.69, 9.17) is 10.5 Å². The molecule has 3 N–H and O–H groups in total. The van der Waals surface area contributed by atoms with Gasteiger partial charge in [0, 0.05) is 18.8 Å². The standard InChI is InChI=1S/C15H24N2O2/c1-17(11-12-9-14(18)10-12)7-2-8-19-15-5-3-13(16)4-6-15/h3-6,12,14,18H,2,7-11,16H2,1H3. The van der Waals surface area contributed by atoms with E-state index in [0.29, 0.717) is 5.92 Å². The lowest BCUT2D eigenvalue weighted by Crippen LogP contribution is -2.37. The number of nitrogens with zero attached hydrogens (tertiary/aromatic N) is 1. The highest BCUT2D eigenvalue weighted by Crippen LogP contribution is 2.27. The number of aliphatic hydroxyl groups is 1. The highest BCUT2D eigenvalue weighted by Gasteiger charge is 2.27. The van der Waals surface area contributed by atoms with E-state index in [9.17, 15) is 5.11 Å². The second-order valence-corrected chi connectivity index (χ2v) is 5.52. The van der Waals surface area contributed by atoms with Crippen LogP contribution in [0.1, 0.15) is 19.3 Å². The Labute approximate surface area is 115 Å². The van der Waals surface area contributed by atoms with Crippen LogP contribution in [0.3, 0.4) is 0 Å². The predicted octanol–water partition coefficient (Wildman–Crippen LogP) is 1.74. The van der Waals surface area contributed by atoms with Crippen molar-refractivity contribution in [3.63, 3.8) is 0 Å². The molecule has 1 aromatic rings. The molecule has 0 aliphatic heterocycles. The van der Waals surface area contributed by atoms with Crippen LogP contribution < -0.4 is 10.5 Å². The van der Waals surface area contributed by atoms with Crippen molar-refractivity contribution in [2.75, 3.05) is 32.5 Å². The Kier molecular flexibility index (Phi) is 5.05. The van der Waals surface area contributed by atoms with E-state index in [0.717, 1.165) is 50.4 Å². The van der Waals surface area contributed by atoms with Crippen molar-refractivity contribution in [3.05, 3.63) is 24.3 Å². The maximum Gasteiger partial charge on any atom is 0.119 e. The van der Waals surface area contributed by atoms with Crippen LogP contribution in [-0.4, -0.2) is 42.9 Å². The summed E-state index contributed by atoms with van der Waals surface area (Å²) in [5, 5.41) is 9.24. The number of ether oxygens (including phenoxy) is 1. The smallest absolute Gasteiger partial charge is 0.119 e. The van der Waals surface area contributed by atoms with Gasteiger partial charge >= 0.3 is 0 Å². The number of hydrogen-bond donors (Lipinski definition) is 2. The Morgan fingerprint density at radius 3 is 2.63 bits per heavy atom. The molecule has 1 aromatic carbocycles.